The third kappa shape index (κ3) is 4.28. The number of furan rings is 1. The largest absolute Gasteiger partial charge is 0.484 e. The molecule has 1 aliphatic heterocycles. The molecular formula is C23H20FN3O3. The summed E-state index contributed by atoms with van der Waals surface area (Å²) in [6.45, 7) is 1.77. The first-order chi connectivity index (χ1) is 14.6. The number of nitrogens with one attached hydrogen (secondary N) is 1. The molecule has 7 heteroatoms. The van der Waals surface area contributed by atoms with Crippen molar-refractivity contribution in [2.45, 2.75) is 19.4 Å². The Balaban J connectivity index is 1.38. The lowest BCUT2D eigenvalue weighted by Gasteiger charge is -2.18. The Morgan fingerprint density at radius 1 is 1.17 bits per heavy atom. The molecule has 1 aliphatic rings. The van der Waals surface area contributed by atoms with Crippen LogP contribution in [0.25, 0.3) is 0 Å². The normalized spacial score (nSPS) is 13.1. The zero-order chi connectivity index (χ0) is 20.9. The molecule has 1 fully saturated rings. The van der Waals surface area contributed by atoms with Gasteiger partial charge in [0.1, 0.15) is 30.0 Å². The predicted octanol–water partition coefficient (Wildman–Crippen LogP) is 4.72. The number of ether oxygens (including phenoxy) is 1. The molecule has 0 unspecified atom stereocenters. The van der Waals surface area contributed by atoms with E-state index in [4.69, 9.17) is 14.4 Å². The maximum atomic E-state index is 14.4. The fourth-order valence-electron chi connectivity index (χ4n) is 3.40. The molecular weight excluding hydrogens is 385 g/mol. The van der Waals surface area contributed by atoms with Crippen molar-refractivity contribution in [3.63, 3.8) is 0 Å². The standard InChI is InChI=1S/C23H20FN3O3/c24-19-13-17(7-9-20(19)27-11-3-4-12-27)26-23(28)22-10-8-18(30-22)15-29-21-6-2-1-5-16(21)14-25/h1-2,5-10,13H,3-4,11-12,15H2,(H,26,28). The maximum absolute atomic E-state index is 14.4. The second kappa shape index (κ2) is 8.70. The zero-order valence-corrected chi connectivity index (χ0v) is 16.2. The van der Waals surface area contributed by atoms with E-state index in [0.29, 0.717) is 28.4 Å². The van der Waals surface area contributed by atoms with Gasteiger partial charge >= 0.3 is 0 Å². The van der Waals surface area contributed by atoms with E-state index >= 15 is 0 Å². The van der Waals surface area contributed by atoms with Gasteiger partial charge < -0.3 is 19.4 Å². The summed E-state index contributed by atoms with van der Waals surface area (Å²) in [7, 11) is 0. The third-order valence-electron chi connectivity index (χ3n) is 4.92. The molecule has 4 rings (SSSR count). The number of carbonyl (C=O) groups excluding carboxylic acids is 1. The maximum Gasteiger partial charge on any atom is 0.291 e. The van der Waals surface area contributed by atoms with Gasteiger partial charge in [-0.2, -0.15) is 5.26 Å². The van der Waals surface area contributed by atoms with Crippen molar-refractivity contribution < 1.29 is 18.3 Å². The SMILES string of the molecule is N#Cc1ccccc1OCc1ccc(C(=O)Nc2ccc(N3CCCC3)c(F)c2)o1. The van der Waals surface area contributed by atoms with Crippen LogP contribution < -0.4 is 15.0 Å². The molecule has 0 bridgehead atoms. The highest BCUT2D eigenvalue weighted by molar-refractivity contribution is 6.02. The van der Waals surface area contributed by atoms with Gasteiger partial charge in [0.15, 0.2) is 5.76 Å². The number of hydrogen-bond donors (Lipinski definition) is 1. The van der Waals surface area contributed by atoms with Gasteiger partial charge in [0.2, 0.25) is 0 Å². The molecule has 1 amide bonds. The van der Waals surface area contributed by atoms with E-state index in [0.717, 1.165) is 25.9 Å². The minimum atomic E-state index is -0.480. The zero-order valence-electron chi connectivity index (χ0n) is 16.2. The van der Waals surface area contributed by atoms with Crippen molar-refractivity contribution in [3.8, 4) is 11.8 Å². The van der Waals surface area contributed by atoms with Crippen LogP contribution in [0.5, 0.6) is 5.75 Å². The van der Waals surface area contributed by atoms with Crippen LogP contribution in [0.15, 0.2) is 59.0 Å². The van der Waals surface area contributed by atoms with Crippen LogP contribution in [0.4, 0.5) is 15.8 Å². The minimum absolute atomic E-state index is 0.0745. The molecule has 3 aromatic rings. The summed E-state index contributed by atoms with van der Waals surface area (Å²) in [5, 5.41) is 11.7. The molecule has 2 heterocycles. The van der Waals surface area contributed by atoms with Crippen molar-refractivity contribution in [1.82, 2.24) is 0 Å². The quantitative estimate of drug-likeness (QED) is 0.642. The van der Waals surface area contributed by atoms with Crippen LogP contribution >= 0.6 is 0 Å². The van der Waals surface area contributed by atoms with E-state index in [9.17, 15) is 9.18 Å². The number of benzene rings is 2. The average Bonchev–Trinajstić information content (AvgIpc) is 3.45. The highest BCUT2D eigenvalue weighted by Crippen LogP contribution is 2.26. The number of amides is 1. The lowest BCUT2D eigenvalue weighted by atomic mass is 10.2. The number of para-hydroxylation sites is 1. The molecule has 6 nitrogen and oxygen atoms in total. The summed E-state index contributed by atoms with van der Waals surface area (Å²) in [6.07, 6.45) is 2.12. The first-order valence-corrected chi connectivity index (χ1v) is 9.70. The van der Waals surface area contributed by atoms with E-state index in [-0.39, 0.29) is 18.2 Å². The first-order valence-electron chi connectivity index (χ1n) is 9.70. The second-order valence-corrected chi connectivity index (χ2v) is 6.98. The number of nitrogens with zero attached hydrogens (tertiary/aromatic N) is 2. The van der Waals surface area contributed by atoms with Gasteiger partial charge in [-0.3, -0.25) is 4.79 Å². The molecule has 30 heavy (non-hydrogen) atoms. The molecule has 1 N–H and O–H groups in total. The monoisotopic (exact) mass is 405 g/mol. The van der Waals surface area contributed by atoms with Gasteiger partial charge in [0.25, 0.3) is 5.91 Å². The summed E-state index contributed by atoms with van der Waals surface area (Å²) < 4.78 is 25.6. The summed E-state index contributed by atoms with van der Waals surface area (Å²) in [4.78, 5) is 14.4. The van der Waals surface area contributed by atoms with Gasteiger partial charge in [0.05, 0.1) is 11.3 Å². The number of hydrogen-bond acceptors (Lipinski definition) is 5. The van der Waals surface area contributed by atoms with Crippen molar-refractivity contribution in [2.24, 2.45) is 0 Å². The number of halogens is 1. The summed E-state index contributed by atoms with van der Waals surface area (Å²) in [5.41, 5.74) is 1.33. The Bertz CT molecular complexity index is 1100. The van der Waals surface area contributed by atoms with E-state index in [1.807, 2.05) is 4.90 Å². The Morgan fingerprint density at radius 2 is 1.97 bits per heavy atom. The van der Waals surface area contributed by atoms with Crippen molar-refractivity contribution >= 4 is 17.3 Å². The summed E-state index contributed by atoms with van der Waals surface area (Å²) in [6, 6.07) is 16.8. The van der Waals surface area contributed by atoms with E-state index in [1.54, 1.807) is 42.5 Å². The van der Waals surface area contributed by atoms with Crippen LogP contribution in [-0.2, 0) is 6.61 Å². The number of nitriles is 1. The third-order valence-corrected chi connectivity index (χ3v) is 4.92. The molecule has 152 valence electrons. The minimum Gasteiger partial charge on any atom is -0.484 e. The fourth-order valence-corrected chi connectivity index (χ4v) is 3.40. The highest BCUT2D eigenvalue weighted by atomic mass is 19.1. The molecule has 0 radical (unpaired) electrons. The molecule has 0 spiro atoms. The van der Waals surface area contributed by atoms with Crippen LogP contribution in [0.2, 0.25) is 0 Å². The number of rotatable bonds is 6. The van der Waals surface area contributed by atoms with E-state index < -0.39 is 5.91 Å². The van der Waals surface area contributed by atoms with Crippen molar-refractivity contribution in [3.05, 3.63) is 77.5 Å². The Kier molecular flexibility index (Phi) is 5.66. The van der Waals surface area contributed by atoms with Gasteiger partial charge in [-0.1, -0.05) is 12.1 Å². The molecule has 0 atom stereocenters. The number of carbonyl (C=O) groups is 1. The smallest absolute Gasteiger partial charge is 0.291 e. The first kappa shape index (κ1) is 19.5. The molecule has 2 aromatic carbocycles. The van der Waals surface area contributed by atoms with Crippen molar-refractivity contribution in [1.29, 1.82) is 5.26 Å². The molecule has 0 aliphatic carbocycles. The van der Waals surface area contributed by atoms with Gasteiger partial charge in [0, 0.05) is 18.8 Å². The highest BCUT2D eigenvalue weighted by Gasteiger charge is 2.18. The average molecular weight is 405 g/mol. The Hall–Kier alpha value is -3.79. The van der Waals surface area contributed by atoms with Gasteiger partial charge in [-0.05, 0) is 55.3 Å². The van der Waals surface area contributed by atoms with Crippen LogP contribution in [-0.4, -0.2) is 19.0 Å². The van der Waals surface area contributed by atoms with Gasteiger partial charge in [-0.15, -0.1) is 0 Å². The lowest BCUT2D eigenvalue weighted by molar-refractivity contribution is 0.0992. The second-order valence-electron chi connectivity index (χ2n) is 6.98. The number of anilines is 2. The molecule has 0 saturated carbocycles. The van der Waals surface area contributed by atoms with E-state index in [1.165, 1.54) is 12.1 Å². The van der Waals surface area contributed by atoms with Crippen LogP contribution in [0.3, 0.4) is 0 Å². The summed E-state index contributed by atoms with van der Waals surface area (Å²) >= 11 is 0. The molecule has 1 aromatic heterocycles. The predicted molar refractivity (Wildman–Crippen MR) is 110 cm³/mol. The van der Waals surface area contributed by atoms with Crippen molar-refractivity contribution in [2.75, 3.05) is 23.3 Å². The van der Waals surface area contributed by atoms with Gasteiger partial charge in [-0.25, -0.2) is 4.39 Å². The van der Waals surface area contributed by atoms with Crippen LogP contribution in [0.1, 0.15) is 34.7 Å². The van der Waals surface area contributed by atoms with E-state index in [2.05, 4.69) is 11.4 Å². The lowest BCUT2D eigenvalue weighted by Crippen LogP contribution is -2.19. The van der Waals surface area contributed by atoms with Crippen LogP contribution in [0, 0.1) is 17.1 Å². The fraction of sp³-hybridized carbons (Fsp3) is 0.217. The topological polar surface area (TPSA) is 78.5 Å². The Labute approximate surface area is 173 Å². The Morgan fingerprint density at radius 3 is 2.73 bits per heavy atom. The molecule has 1 saturated heterocycles. The summed E-state index contributed by atoms with van der Waals surface area (Å²) in [5.74, 6) is 0.122.